The van der Waals surface area contributed by atoms with Crippen LogP contribution in [0.4, 0.5) is 0 Å². The molecule has 0 bridgehead atoms. The molecule has 4 atom stereocenters. The largest absolute Gasteiger partial charge is 0.463 e. The highest BCUT2D eigenvalue weighted by atomic mass is 35.5. The third-order valence-corrected chi connectivity index (χ3v) is 5.27. The molecule has 162 valence electrons. The average molecular weight is 480 g/mol. The van der Waals surface area contributed by atoms with Gasteiger partial charge < -0.3 is 18.9 Å². The van der Waals surface area contributed by atoms with E-state index in [0.717, 1.165) is 0 Å². The Labute approximate surface area is 186 Å². The first-order valence-corrected chi connectivity index (χ1v) is 9.87. The summed E-state index contributed by atoms with van der Waals surface area (Å²) in [6.07, 6.45) is -4.14. The normalized spacial score (nSPS) is 23.4. The summed E-state index contributed by atoms with van der Waals surface area (Å²) in [7, 11) is 0. The summed E-state index contributed by atoms with van der Waals surface area (Å²) in [4.78, 5) is 38.9. The Morgan fingerprint density at radius 3 is 2.20 bits per heavy atom. The molecule has 0 aliphatic carbocycles. The van der Waals surface area contributed by atoms with Crippen LogP contribution in [0.15, 0.2) is 12.1 Å². The van der Waals surface area contributed by atoms with Crippen molar-refractivity contribution >= 4 is 63.7 Å². The fraction of sp³-hybridized carbons (Fsp3) is 0.444. The maximum absolute atomic E-state index is 11.8. The molecule has 30 heavy (non-hydrogen) atoms. The molecule has 9 nitrogen and oxygen atoms in total. The van der Waals surface area contributed by atoms with E-state index in [1.165, 1.54) is 37.5 Å². The van der Waals surface area contributed by atoms with Crippen LogP contribution < -0.4 is 0 Å². The number of imidazole rings is 1. The van der Waals surface area contributed by atoms with Crippen LogP contribution in [0.5, 0.6) is 0 Å². The Bertz CT molecular complexity index is 1010. The fourth-order valence-electron chi connectivity index (χ4n) is 3.20. The lowest BCUT2D eigenvalue weighted by Crippen LogP contribution is -2.40. The molecule has 3 rings (SSSR count). The molecule has 0 N–H and O–H groups in total. The summed E-state index contributed by atoms with van der Waals surface area (Å²) in [5.41, 5.74) is 0.873. The van der Waals surface area contributed by atoms with Crippen LogP contribution in [0, 0.1) is 0 Å². The quantitative estimate of drug-likeness (QED) is 0.475. The Hall–Kier alpha value is -2.07. The van der Waals surface area contributed by atoms with Crippen molar-refractivity contribution in [1.82, 2.24) is 9.55 Å². The predicted molar refractivity (Wildman–Crippen MR) is 106 cm³/mol. The smallest absolute Gasteiger partial charge is 0.303 e. The van der Waals surface area contributed by atoms with Crippen molar-refractivity contribution in [1.29, 1.82) is 0 Å². The van der Waals surface area contributed by atoms with E-state index in [4.69, 9.17) is 53.8 Å². The van der Waals surface area contributed by atoms with Gasteiger partial charge in [0.2, 0.25) is 5.28 Å². The van der Waals surface area contributed by atoms with E-state index in [-0.39, 0.29) is 21.9 Å². The second kappa shape index (κ2) is 8.97. The van der Waals surface area contributed by atoms with Crippen molar-refractivity contribution in [2.45, 2.75) is 45.3 Å². The molecule has 1 unspecified atom stereocenters. The standard InChI is InChI=1S/C18H17Cl3N2O7/c1-7(24)27-6-14-15(28-8(2)25)16(29-9(3)26)17(30-14)23-13-5-11(20)10(19)4-12(13)22-18(23)21/h4-5,14-17H,6H2,1-3H3/t14-,15?,16+,17-/m1/s1. The van der Waals surface area contributed by atoms with Gasteiger partial charge in [-0.25, -0.2) is 4.98 Å². The molecule has 1 aromatic heterocycles. The molecule has 2 heterocycles. The van der Waals surface area contributed by atoms with Gasteiger partial charge in [-0.15, -0.1) is 0 Å². The summed E-state index contributed by atoms with van der Waals surface area (Å²) in [5, 5.41) is 0.525. The third kappa shape index (κ3) is 4.64. The third-order valence-electron chi connectivity index (χ3n) is 4.28. The molecule has 0 spiro atoms. The van der Waals surface area contributed by atoms with Gasteiger partial charge in [0, 0.05) is 20.8 Å². The number of carbonyl (C=O) groups is 3. The number of carbonyl (C=O) groups excluding carboxylic acids is 3. The van der Waals surface area contributed by atoms with Gasteiger partial charge in [0.1, 0.15) is 12.7 Å². The molecular formula is C18H17Cl3N2O7. The maximum atomic E-state index is 11.8. The first-order chi connectivity index (χ1) is 14.1. The number of rotatable bonds is 5. The number of esters is 3. The fourth-order valence-corrected chi connectivity index (χ4v) is 3.80. The number of ether oxygens (including phenoxy) is 4. The molecule has 1 fully saturated rings. The van der Waals surface area contributed by atoms with Crippen LogP contribution in [0.25, 0.3) is 11.0 Å². The Kier molecular flexibility index (Phi) is 6.76. The second-order valence-corrected chi connectivity index (χ2v) is 7.67. The molecule has 0 amide bonds. The SMILES string of the molecule is CC(=O)OC[C@H]1O[C@@H](n2c(Cl)nc3cc(Cl)c(Cl)cc32)[C@@H](OC(C)=O)C1OC(C)=O. The average Bonchev–Trinajstić information content (AvgIpc) is 3.10. The van der Waals surface area contributed by atoms with E-state index in [1.54, 1.807) is 0 Å². The van der Waals surface area contributed by atoms with Gasteiger partial charge in [0.15, 0.2) is 18.4 Å². The van der Waals surface area contributed by atoms with Crippen molar-refractivity contribution in [3.8, 4) is 0 Å². The first-order valence-electron chi connectivity index (χ1n) is 8.74. The van der Waals surface area contributed by atoms with Gasteiger partial charge in [-0.3, -0.25) is 19.0 Å². The van der Waals surface area contributed by atoms with Crippen LogP contribution in [0.3, 0.4) is 0 Å². The molecule has 0 saturated carbocycles. The topological polar surface area (TPSA) is 106 Å². The zero-order valence-electron chi connectivity index (χ0n) is 16.1. The molecule has 0 radical (unpaired) electrons. The molecule has 1 saturated heterocycles. The number of fused-ring (bicyclic) bond motifs is 1. The minimum absolute atomic E-state index is 0.000182. The van der Waals surface area contributed by atoms with Crippen LogP contribution in [0.1, 0.15) is 27.0 Å². The summed E-state index contributed by atoms with van der Waals surface area (Å²) < 4.78 is 23.2. The second-order valence-electron chi connectivity index (χ2n) is 6.52. The van der Waals surface area contributed by atoms with Gasteiger partial charge >= 0.3 is 17.9 Å². The van der Waals surface area contributed by atoms with Gasteiger partial charge in [0.25, 0.3) is 0 Å². The lowest BCUT2D eigenvalue weighted by molar-refractivity contribution is -0.166. The number of benzene rings is 1. The van der Waals surface area contributed by atoms with Crippen LogP contribution in [-0.4, -0.2) is 52.4 Å². The van der Waals surface area contributed by atoms with Crippen molar-refractivity contribution in [2.75, 3.05) is 6.61 Å². The van der Waals surface area contributed by atoms with E-state index in [0.29, 0.717) is 11.0 Å². The molecule has 1 aliphatic heterocycles. The highest BCUT2D eigenvalue weighted by Gasteiger charge is 2.51. The van der Waals surface area contributed by atoms with Crippen molar-refractivity contribution in [2.24, 2.45) is 0 Å². The van der Waals surface area contributed by atoms with E-state index in [1.807, 2.05) is 0 Å². The number of hydrogen-bond donors (Lipinski definition) is 0. The lowest BCUT2D eigenvalue weighted by Gasteiger charge is -2.24. The number of halogens is 3. The van der Waals surface area contributed by atoms with Gasteiger partial charge in [0.05, 0.1) is 21.1 Å². The lowest BCUT2D eigenvalue weighted by atomic mass is 10.1. The number of nitrogens with zero attached hydrogens (tertiary/aromatic N) is 2. The first kappa shape index (κ1) is 22.6. The van der Waals surface area contributed by atoms with E-state index in [9.17, 15) is 14.4 Å². The van der Waals surface area contributed by atoms with Crippen molar-refractivity contribution in [3.63, 3.8) is 0 Å². The minimum Gasteiger partial charge on any atom is -0.463 e. The van der Waals surface area contributed by atoms with Crippen LogP contribution in [-0.2, 0) is 33.3 Å². The molecule has 2 aromatic rings. The molecule has 12 heteroatoms. The summed E-state index contributed by atoms with van der Waals surface area (Å²) in [6, 6.07) is 3.06. The molecule has 1 aromatic carbocycles. The summed E-state index contributed by atoms with van der Waals surface area (Å²) in [5.74, 6) is -1.83. The predicted octanol–water partition coefficient (Wildman–Crippen LogP) is 3.32. The van der Waals surface area contributed by atoms with Gasteiger partial charge in [-0.1, -0.05) is 23.2 Å². The summed E-state index contributed by atoms with van der Waals surface area (Å²) in [6.45, 7) is 3.38. The summed E-state index contributed by atoms with van der Waals surface area (Å²) >= 11 is 18.5. The highest BCUT2D eigenvalue weighted by Crippen LogP contribution is 2.39. The monoisotopic (exact) mass is 478 g/mol. The number of hydrogen-bond acceptors (Lipinski definition) is 8. The molecular weight excluding hydrogens is 463 g/mol. The molecule has 1 aliphatic rings. The maximum Gasteiger partial charge on any atom is 0.303 e. The van der Waals surface area contributed by atoms with Crippen molar-refractivity contribution in [3.05, 3.63) is 27.5 Å². The van der Waals surface area contributed by atoms with E-state index < -0.39 is 42.4 Å². The highest BCUT2D eigenvalue weighted by molar-refractivity contribution is 6.42. The zero-order chi connectivity index (χ0) is 22.2. The van der Waals surface area contributed by atoms with E-state index in [2.05, 4.69) is 4.98 Å². The minimum atomic E-state index is -1.10. The van der Waals surface area contributed by atoms with Gasteiger partial charge in [-0.2, -0.15) is 0 Å². The zero-order valence-corrected chi connectivity index (χ0v) is 18.3. The van der Waals surface area contributed by atoms with Crippen LogP contribution in [0.2, 0.25) is 15.3 Å². The number of aromatic nitrogens is 2. The van der Waals surface area contributed by atoms with Crippen molar-refractivity contribution < 1.29 is 33.3 Å². The Balaban J connectivity index is 2.09. The Morgan fingerprint density at radius 1 is 1.00 bits per heavy atom. The van der Waals surface area contributed by atoms with Gasteiger partial charge in [-0.05, 0) is 23.7 Å². The van der Waals surface area contributed by atoms with Crippen LogP contribution >= 0.6 is 34.8 Å². The van der Waals surface area contributed by atoms with E-state index >= 15 is 0 Å². The Morgan fingerprint density at radius 2 is 1.60 bits per heavy atom.